The molecule has 20 heavy (non-hydrogen) atoms. The van der Waals surface area contributed by atoms with Gasteiger partial charge in [-0.3, -0.25) is 4.79 Å². The van der Waals surface area contributed by atoms with Crippen LogP contribution in [0.2, 0.25) is 0 Å². The van der Waals surface area contributed by atoms with E-state index in [0.29, 0.717) is 24.1 Å². The van der Waals surface area contributed by atoms with Gasteiger partial charge in [0.05, 0.1) is 6.42 Å². The molecule has 0 radical (unpaired) electrons. The highest BCUT2D eigenvalue weighted by atomic mass is 16.7. The second kappa shape index (κ2) is 5.12. The van der Waals surface area contributed by atoms with Crippen molar-refractivity contribution in [1.82, 2.24) is 20.1 Å². The van der Waals surface area contributed by atoms with E-state index in [2.05, 4.69) is 10.3 Å². The molecule has 7 nitrogen and oxygen atoms in total. The zero-order valence-corrected chi connectivity index (χ0v) is 10.6. The van der Waals surface area contributed by atoms with Crippen molar-refractivity contribution in [2.45, 2.75) is 6.42 Å². The number of hydrogen-bond acceptors (Lipinski definition) is 5. The van der Waals surface area contributed by atoms with Gasteiger partial charge in [-0.05, 0) is 17.3 Å². The molecule has 1 aromatic heterocycles. The quantitative estimate of drug-likeness (QED) is 0.742. The Bertz CT molecular complexity index is 692. The summed E-state index contributed by atoms with van der Waals surface area (Å²) >= 11 is 0. The van der Waals surface area contributed by atoms with Crippen molar-refractivity contribution >= 4 is 22.9 Å². The minimum absolute atomic E-state index is 0.0796. The Morgan fingerprint density at radius 1 is 1.35 bits per heavy atom. The van der Waals surface area contributed by atoms with Crippen LogP contribution in [0.1, 0.15) is 6.42 Å². The first-order chi connectivity index (χ1) is 9.74. The molecule has 0 fully saturated rings. The van der Waals surface area contributed by atoms with E-state index in [9.17, 15) is 9.59 Å². The van der Waals surface area contributed by atoms with Crippen molar-refractivity contribution in [3.8, 4) is 0 Å². The average Bonchev–Trinajstić information content (AvgIpc) is 3.04. The van der Waals surface area contributed by atoms with Gasteiger partial charge in [-0.1, -0.05) is 23.1 Å². The summed E-state index contributed by atoms with van der Waals surface area (Å²) in [7, 11) is 0. The van der Waals surface area contributed by atoms with Crippen LogP contribution in [0.5, 0.6) is 0 Å². The molecule has 2 aromatic rings. The van der Waals surface area contributed by atoms with Gasteiger partial charge in [-0.25, -0.2) is 4.79 Å². The van der Waals surface area contributed by atoms with Gasteiger partial charge in [-0.2, -0.15) is 0 Å². The predicted molar refractivity (Wildman–Crippen MR) is 69.5 cm³/mol. The molecule has 0 bridgehead atoms. The van der Waals surface area contributed by atoms with Gasteiger partial charge < -0.3 is 9.74 Å². The average molecular weight is 272 g/mol. The molecule has 102 valence electrons. The molecule has 0 spiro atoms. The van der Waals surface area contributed by atoms with E-state index in [4.69, 9.17) is 4.84 Å². The Balaban J connectivity index is 1.60. The van der Waals surface area contributed by atoms with E-state index in [1.807, 2.05) is 12.1 Å². The van der Waals surface area contributed by atoms with Crippen molar-refractivity contribution in [3.05, 3.63) is 36.4 Å². The van der Waals surface area contributed by atoms with Crippen molar-refractivity contribution in [3.63, 3.8) is 0 Å². The summed E-state index contributed by atoms with van der Waals surface area (Å²) in [5.74, 6) is -0.538. The lowest BCUT2D eigenvalue weighted by Gasteiger charge is -2.14. The Morgan fingerprint density at radius 2 is 2.20 bits per heavy atom. The van der Waals surface area contributed by atoms with Crippen molar-refractivity contribution < 1.29 is 14.4 Å². The van der Waals surface area contributed by atoms with Crippen LogP contribution in [0.4, 0.5) is 0 Å². The molecule has 0 atom stereocenters. The molecule has 1 aromatic carbocycles. The molecule has 2 heterocycles. The van der Waals surface area contributed by atoms with Crippen LogP contribution in [0, 0.1) is 0 Å². The van der Waals surface area contributed by atoms with E-state index in [-0.39, 0.29) is 12.3 Å². The molecule has 1 amide bonds. The van der Waals surface area contributed by atoms with Gasteiger partial charge in [0.25, 0.3) is 0 Å². The Morgan fingerprint density at radius 3 is 3.00 bits per heavy atom. The first-order valence-corrected chi connectivity index (χ1v) is 6.21. The lowest BCUT2D eigenvalue weighted by atomic mass is 10.3. The molecular formula is C13H12N4O3. The fourth-order valence-corrected chi connectivity index (χ4v) is 1.96. The number of aromatic nitrogens is 3. The van der Waals surface area contributed by atoms with Gasteiger partial charge in [0.2, 0.25) is 5.91 Å². The molecule has 1 aliphatic rings. The lowest BCUT2D eigenvalue weighted by molar-refractivity contribution is -0.145. The minimum Gasteiger partial charge on any atom is -0.335 e. The number of hydrogen-bond donors (Lipinski definition) is 0. The van der Waals surface area contributed by atoms with Gasteiger partial charge in [0.1, 0.15) is 11.0 Å². The van der Waals surface area contributed by atoms with Gasteiger partial charge in [0, 0.05) is 19.2 Å². The number of carbonyl (C=O) groups excluding carboxylic acids is 2. The Hall–Kier alpha value is -2.70. The van der Waals surface area contributed by atoms with Gasteiger partial charge >= 0.3 is 5.97 Å². The van der Waals surface area contributed by atoms with Crippen LogP contribution < -0.4 is 4.84 Å². The number of fused-ring (bicyclic) bond motifs is 1. The highest BCUT2D eigenvalue weighted by Gasteiger charge is 2.17. The highest BCUT2D eigenvalue weighted by molar-refractivity contribution is 5.90. The molecule has 0 N–H and O–H groups in total. The van der Waals surface area contributed by atoms with Crippen molar-refractivity contribution in [1.29, 1.82) is 0 Å². The van der Waals surface area contributed by atoms with Crippen molar-refractivity contribution in [2.75, 3.05) is 13.1 Å². The van der Waals surface area contributed by atoms with Crippen LogP contribution in [-0.2, 0) is 9.59 Å². The van der Waals surface area contributed by atoms with E-state index in [1.54, 1.807) is 23.1 Å². The third kappa shape index (κ3) is 2.37. The standard InChI is InChI=1S/C13H12N4O3/c18-12-6-3-8-16(12)9-7-13(19)20-17-11-5-2-1-4-10(11)14-15-17/h1-6H,7-9H2. The first kappa shape index (κ1) is 12.3. The molecule has 1 aliphatic heterocycles. The number of benzene rings is 1. The molecule has 3 rings (SSSR count). The smallest absolute Gasteiger partial charge is 0.335 e. The number of amides is 1. The maximum atomic E-state index is 11.7. The second-order valence-corrected chi connectivity index (χ2v) is 4.35. The maximum absolute atomic E-state index is 11.7. The second-order valence-electron chi connectivity index (χ2n) is 4.35. The van der Waals surface area contributed by atoms with Crippen LogP contribution in [0.3, 0.4) is 0 Å². The zero-order valence-electron chi connectivity index (χ0n) is 10.6. The zero-order chi connectivity index (χ0) is 13.9. The molecule has 0 saturated heterocycles. The molecule has 0 unspecified atom stereocenters. The van der Waals surface area contributed by atoms with E-state index in [1.165, 1.54) is 6.08 Å². The number of para-hydroxylation sites is 1. The van der Waals surface area contributed by atoms with E-state index in [0.717, 1.165) is 4.85 Å². The van der Waals surface area contributed by atoms with Crippen molar-refractivity contribution in [2.24, 2.45) is 0 Å². The molecule has 0 aliphatic carbocycles. The molecular weight excluding hydrogens is 260 g/mol. The highest BCUT2D eigenvalue weighted by Crippen LogP contribution is 2.08. The summed E-state index contributed by atoms with van der Waals surface area (Å²) in [6.45, 7) is 0.871. The minimum atomic E-state index is -0.458. The van der Waals surface area contributed by atoms with Gasteiger partial charge in [-0.15, -0.1) is 5.10 Å². The summed E-state index contributed by atoms with van der Waals surface area (Å²) in [4.78, 5) is 30.9. The van der Waals surface area contributed by atoms with E-state index >= 15 is 0 Å². The van der Waals surface area contributed by atoms with Crippen LogP contribution >= 0.6 is 0 Å². The number of nitrogens with zero attached hydrogens (tertiary/aromatic N) is 4. The Labute approximate surface area is 114 Å². The monoisotopic (exact) mass is 272 g/mol. The fourth-order valence-electron chi connectivity index (χ4n) is 1.96. The fraction of sp³-hybridized carbons (Fsp3) is 0.231. The molecule has 0 saturated carbocycles. The largest absolute Gasteiger partial charge is 0.336 e. The third-order valence-corrected chi connectivity index (χ3v) is 2.99. The topological polar surface area (TPSA) is 77.3 Å². The summed E-state index contributed by atoms with van der Waals surface area (Å²) < 4.78 is 0. The number of carbonyl (C=O) groups is 2. The summed E-state index contributed by atoms with van der Waals surface area (Å²) in [6.07, 6.45) is 3.37. The summed E-state index contributed by atoms with van der Waals surface area (Å²) in [5, 5.41) is 7.64. The predicted octanol–water partition coefficient (Wildman–Crippen LogP) is 0.175. The first-order valence-electron chi connectivity index (χ1n) is 6.21. The third-order valence-electron chi connectivity index (χ3n) is 2.99. The maximum Gasteiger partial charge on any atom is 0.336 e. The van der Waals surface area contributed by atoms with Gasteiger partial charge in [0.15, 0.2) is 0 Å². The summed E-state index contributed by atoms with van der Waals surface area (Å²) in [6, 6.07) is 7.18. The van der Waals surface area contributed by atoms with Crippen LogP contribution in [0.15, 0.2) is 36.4 Å². The summed E-state index contributed by atoms with van der Waals surface area (Å²) in [5.41, 5.74) is 1.28. The normalized spacial score (nSPS) is 14.2. The Kier molecular flexibility index (Phi) is 3.16. The molecule has 7 heteroatoms. The van der Waals surface area contributed by atoms with E-state index < -0.39 is 5.97 Å². The van der Waals surface area contributed by atoms with Crippen LogP contribution in [-0.4, -0.2) is 45.0 Å². The van der Waals surface area contributed by atoms with Crippen LogP contribution in [0.25, 0.3) is 11.0 Å². The lowest BCUT2D eigenvalue weighted by Crippen LogP contribution is -2.30. The number of rotatable bonds is 4. The SMILES string of the molecule is O=C(CCN1CC=CC1=O)On1nnc2ccccc21.